The monoisotopic (exact) mass is 264 g/mol. The normalized spacial score (nSPS) is 16.6. The van der Waals surface area contributed by atoms with E-state index in [1.165, 1.54) is 12.8 Å². The third-order valence-electron chi connectivity index (χ3n) is 3.21. The van der Waals surface area contributed by atoms with Gasteiger partial charge in [-0.1, -0.05) is 23.7 Å². The van der Waals surface area contributed by atoms with Crippen molar-refractivity contribution in [3.05, 3.63) is 34.9 Å². The minimum absolute atomic E-state index is 0.513. The molecule has 0 amide bonds. The molecule has 0 aromatic heterocycles. The van der Waals surface area contributed by atoms with Gasteiger partial charge in [0.05, 0.1) is 12.2 Å². The summed E-state index contributed by atoms with van der Waals surface area (Å²) in [5.74, 6) is 0. The average Bonchev–Trinajstić information content (AvgIpc) is 3.18. The Morgan fingerprint density at radius 3 is 2.89 bits per heavy atom. The molecule has 0 bridgehead atoms. The lowest BCUT2D eigenvalue weighted by Crippen LogP contribution is -2.31. The van der Waals surface area contributed by atoms with Crippen LogP contribution in [-0.4, -0.2) is 29.1 Å². The molecule has 0 radical (unpaired) electrons. The highest BCUT2D eigenvalue weighted by Crippen LogP contribution is 2.29. The van der Waals surface area contributed by atoms with Crippen LogP contribution in [0.15, 0.2) is 24.3 Å². The molecule has 0 spiro atoms. The highest BCUT2D eigenvalue weighted by molar-refractivity contribution is 6.30. The van der Waals surface area contributed by atoms with Gasteiger partial charge < -0.3 is 5.11 Å². The van der Waals surface area contributed by atoms with Gasteiger partial charge in [-0.05, 0) is 30.5 Å². The number of nitriles is 1. The maximum absolute atomic E-state index is 10.2. The van der Waals surface area contributed by atoms with E-state index in [-0.39, 0.29) is 0 Å². The van der Waals surface area contributed by atoms with Gasteiger partial charge in [0.2, 0.25) is 0 Å². The molecule has 0 unspecified atom stereocenters. The highest BCUT2D eigenvalue weighted by Gasteiger charge is 2.30. The number of rotatable bonds is 6. The molecular formula is C14H17ClN2O. The van der Waals surface area contributed by atoms with Crippen molar-refractivity contribution in [3.8, 4) is 6.07 Å². The van der Waals surface area contributed by atoms with E-state index in [1.807, 2.05) is 12.1 Å². The zero-order chi connectivity index (χ0) is 13.0. The van der Waals surface area contributed by atoms with Crippen molar-refractivity contribution in [3.63, 3.8) is 0 Å². The predicted molar refractivity (Wildman–Crippen MR) is 71.2 cm³/mol. The molecule has 1 N–H and O–H groups in total. The van der Waals surface area contributed by atoms with Crippen LogP contribution >= 0.6 is 11.6 Å². The quantitative estimate of drug-likeness (QED) is 0.859. The number of nitrogens with zero attached hydrogens (tertiary/aromatic N) is 2. The van der Waals surface area contributed by atoms with Gasteiger partial charge in [0.1, 0.15) is 0 Å². The molecule has 1 saturated carbocycles. The Morgan fingerprint density at radius 1 is 1.50 bits per heavy atom. The van der Waals surface area contributed by atoms with Crippen LogP contribution in [-0.2, 0) is 0 Å². The van der Waals surface area contributed by atoms with Crippen LogP contribution < -0.4 is 0 Å². The standard InChI is InChI=1S/C14H17ClN2O/c15-12-4-1-3-11(9-12)14(18)10-17(8-2-7-16)13-5-6-13/h1,3-4,9,13-14,18H,2,5-6,8,10H2/t14-/m1/s1. The Morgan fingerprint density at radius 2 is 2.28 bits per heavy atom. The van der Waals surface area contributed by atoms with Crippen LogP contribution in [0.2, 0.25) is 5.02 Å². The number of hydrogen-bond donors (Lipinski definition) is 1. The first kappa shape index (κ1) is 13.4. The van der Waals surface area contributed by atoms with E-state index >= 15 is 0 Å². The Bertz CT molecular complexity index is 440. The van der Waals surface area contributed by atoms with Gasteiger partial charge in [-0.2, -0.15) is 5.26 Å². The predicted octanol–water partition coefficient (Wildman–Crippen LogP) is 2.75. The first-order chi connectivity index (χ1) is 8.70. The number of hydrogen-bond acceptors (Lipinski definition) is 3. The van der Waals surface area contributed by atoms with Gasteiger partial charge in [-0.25, -0.2) is 0 Å². The van der Waals surface area contributed by atoms with E-state index < -0.39 is 6.10 Å². The molecule has 18 heavy (non-hydrogen) atoms. The molecule has 1 aromatic rings. The summed E-state index contributed by atoms with van der Waals surface area (Å²) in [6.45, 7) is 1.31. The van der Waals surface area contributed by atoms with Crippen LogP contribution in [0, 0.1) is 11.3 Å². The lowest BCUT2D eigenvalue weighted by molar-refractivity contribution is 0.110. The smallest absolute Gasteiger partial charge is 0.0917 e. The van der Waals surface area contributed by atoms with E-state index in [4.69, 9.17) is 16.9 Å². The zero-order valence-corrected chi connectivity index (χ0v) is 11.0. The Hall–Kier alpha value is -1.08. The van der Waals surface area contributed by atoms with Crippen molar-refractivity contribution < 1.29 is 5.11 Å². The van der Waals surface area contributed by atoms with Crippen molar-refractivity contribution in [1.29, 1.82) is 5.26 Å². The fourth-order valence-electron chi connectivity index (χ4n) is 2.10. The van der Waals surface area contributed by atoms with Crippen molar-refractivity contribution in [2.24, 2.45) is 0 Å². The summed E-state index contributed by atoms with van der Waals surface area (Å²) in [5.41, 5.74) is 0.838. The summed E-state index contributed by atoms with van der Waals surface area (Å²) in [4.78, 5) is 2.20. The molecule has 1 aromatic carbocycles. The second-order valence-electron chi connectivity index (χ2n) is 4.71. The van der Waals surface area contributed by atoms with Gasteiger partial charge in [-0.3, -0.25) is 4.90 Å². The van der Waals surface area contributed by atoms with Crippen molar-refractivity contribution in [1.82, 2.24) is 4.90 Å². The minimum Gasteiger partial charge on any atom is -0.387 e. The van der Waals surface area contributed by atoms with Crippen LogP contribution in [0.5, 0.6) is 0 Å². The summed E-state index contributed by atoms with van der Waals surface area (Å²) in [7, 11) is 0. The summed E-state index contributed by atoms with van der Waals surface area (Å²) in [6.07, 6.45) is 2.32. The Labute approximate surface area is 113 Å². The van der Waals surface area contributed by atoms with Crippen LogP contribution in [0.3, 0.4) is 0 Å². The fourth-order valence-corrected chi connectivity index (χ4v) is 2.30. The Balaban J connectivity index is 1.96. The van der Waals surface area contributed by atoms with Crippen molar-refractivity contribution >= 4 is 11.6 Å². The number of aliphatic hydroxyl groups is 1. The molecule has 1 aliphatic carbocycles. The molecular weight excluding hydrogens is 248 g/mol. The summed E-state index contributed by atoms with van der Waals surface area (Å²) < 4.78 is 0. The molecule has 0 saturated heterocycles. The van der Waals surface area contributed by atoms with Gasteiger partial charge in [0, 0.05) is 30.6 Å². The van der Waals surface area contributed by atoms with Crippen LogP contribution in [0.25, 0.3) is 0 Å². The molecule has 96 valence electrons. The Kier molecular flexibility index (Phi) is 4.60. The fraction of sp³-hybridized carbons (Fsp3) is 0.500. The maximum atomic E-state index is 10.2. The molecule has 3 nitrogen and oxygen atoms in total. The number of halogens is 1. The average molecular weight is 265 g/mol. The maximum Gasteiger partial charge on any atom is 0.0917 e. The van der Waals surface area contributed by atoms with E-state index in [0.29, 0.717) is 24.0 Å². The van der Waals surface area contributed by atoms with Gasteiger partial charge in [-0.15, -0.1) is 0 Å². The van der Waals surface area contributed by atoms with E-state index in [1.54, 1.807) is 12.1 Å². The first-order valence-electron chi connectivity index (χ1n) is 6.25. The van der Waals surface area contributed by atoms with E-state index in [2.05, 4.69) is 11.0 Å². The van der Waals surface area contributed by atoms with Gasteiger partial charge in [0.25, 0.3) is 0 Å². The van der Waals surface area contributed by atoms with Gasteiger partial charge >= 0.3 is 0 Å². The number of benzene rings is 1. The van der Waals surface area contributed by atoms with E-state index in [9.17, 15) is 5.11 Å². The third-order valence-corrected chi connectivity index (χ3v) is 3.45. The van der Waals surface area contributed by atoms with Gasteiger partial charge in [0.15, 0.2) is 0 Å². The molecule has 1 atom stereocenters. The van der Waals surface area contributed by atoms with Crippen LogP contribution in [0.1, 0.15) is 30.9 Å². The molecule has 4 heteroatoms. The van der Waals surface area contributed by atoms with E-state index in [0.717, 1.165) is 12.1 Å². The molecule has 2 rings (SSSR count). The van der Waals surface area contributed by atoms with Crippen molar-refractivity contribution in [2.75, 3.05) is 13.1 Å². The lowest BCUT2D eigenvalue weighted by Gasteiger charge is -2.24. The highest BCUT2D eigenvalue weighted by atomic mass is 35.5. The van der Waals surface area contributed by atoms with Crippen LogP contribution in [0.4, 0.5) is 0 Å². The zero-order valence-electron chi connectivity index (χ0n) is 10.2. The second kappa shape index (κ2) is 6.19. The van der Waals surface area contributed by atoms with Crippen molar-refractivity contribution in [2.45, 2.75) is 31.4 Å². The lowest BCUT2D eigenvalue weighted by atomic mass is 10.1. The number of aliphatic hydroxyl groups excluding tert-OH is 1. The summed E-state index contributed by atoms with van der Waals surface area (Å²) in [6, 6.07) is 10.0. The SMILES string of the molecule is N#CCCN(C[C@@H](O)c1cccc(Cl)c1)C1CC1. The topological polar surface area (TPSA) is 47.3 Å². The minimum atomic E-state index is -0.539. The first-order valence-corrected chi connectivity index (χ1v) is 6.63. The summed E-state index contributed by atoms with van der Waals surface area (Å²) >= 11 is 5.92. The molecule has 0 aliphatic heterocycles. The molecule has 1 fully saturated rings. The third kappa shape index (κ3) is 3.71. The summed E-state index contributed by atoms with van der Waals surface area (Å²) in [5, 5.41) is 19.5. The second-order valence-corrected chi connectivity index (χ2v) is 5.14. The molecule has 1 aliphatic rings. The largest absolute Gasteiger partial charge is 0.387 e. The molecule has 0 heterocycles.